The van der Waals surface area contributed by atoms with Gasteiger partial charge in [0.25, 0.3) is 5.91 Å². The summed E-state index contributed by atoms with van der Waals surface area (Å²) in [7, 11) is 0. The summed E-state index contributed by atoms with van der Waals surface area (Å²) in [5.41, 5.74) is 5.51. The second kappa shape index (κ2) is 8.24. The van der Waals surface area contributed by atoms with Gasteiger partial charge in [0.15, 0.2) is 6.61 Å². The highest BCUT2D eigenvalue weighted by atomic mass is 19.1. The number of piperidine rings is 1. The molecule has 0 unspecified atom stereocenters. The number of nitrogens with two attached hydrogens (primary N) is 1. The number of nitrogens with zero attached hydrogens (tertiary/aromatic N) is 1. The maximum absolute atomic E-state index is 13.4. The zero-order valence-electron chi connectivity index (χ0n) is 13.1. The minimum absolute atomic E-state index is 0.247. The van der Waals surface area contributed by atoms with Crippen molar-refractivity contribution in [3.63, 3.8) is 0 Å². The van der Waals surface area contributed by atoms with Gasteiger partial charge in [-0.15, -0.1) is 0 Å². The molecule has 0 radical (unpaired) electrons. The Morgan fingerprint density at radius 3 is 2.79 bits per heavy atom. The summed E-state index contributed by atoms with van der Waals surface area (Å²) in [6.07, 6.45) is 3.69. The van der Waals surface area contributed by atoms with Crippen LogP contribution in [0.25, 0.3) is 6.08 Å². The molecule has 1 aromatic rings. The molecule has 1 aliphatic heterocycles. The number of carbonyl (C=O) groups excluding carboxylic acids is 3. The minimum atomic E-state index is -0.741. The molecule has 1 heterocycles. The molecule has 1 aromatic carbocycles. The number of benzene rings is 1. The van der Waals surface area contributed by atoms with E-state index in [9.17, 15) is 18.8 Å². The Morgan fingerprint density at radius 1 is 1.33 bits per heavy atom. The highest BCUT2D eigenvalue weighted by Gasteiger charge is 2.27. The van der Waals surface area contributed by atoms with Gasteiger partial charge in [-0.1, -0.05) is 18.2 Å². The van der Waals surface area contributed by atoms with Crippen LogP contribution in [0.5, 0.6) is 0 Å². The quantitative estimate of drug-likeness (QED) is 0.645. The van der Waals surface area contributed by atoms with E-state index in [4.69, 9.17) is 10.5 Å². The van der Waals surface area contributed by atoms with Crippen molar-refractivity contribution >= 4 is 23.9 Å². The number of halogens is 1. The van der Waals surface area contributed by atoms with Crippen molar-refractivity contribution in [2.24, 2.45) is 11.7 Å². The van der Waals surface area contributed by atoms with Crippen molar-refractivity contribution in [2.75, 3.05) is 19.7 Å². The van der Waals surface area contributed by atoms with Gasteiger partial charge in [-0.05, 0) is 25.0 Å². The normalized spacial score (nSPS) is 17.7. The predicted molar refractivity (Wildman–Crippen MR) is 84.9 cm³/mol. The Labute approximate surface area is 139 Å². The summed E-state index contributed by atoms with van der Waals surface area (Å²) in [5.74, 6) is -2.37. The van der Waals surface area contributed by atoms with E-state index in [1.54, 1.807) is 12.1 Å². The summed E-state index contributed by atoms with van der Waals surface area (Å²) in [5, 5.41) is 0. The molecular formula is C17H19FN2O4. The standard InChI is InChI=1S/C17H19FN2O4/c18-14-6-2-1-4-12(14)7-8-16(22)24-11-15(21)20-9-3-5-13(10-20)17(19)23/h1-2,4,6-8,13H,3,5,9-11H2,(H2,19,23)/b8-7+/t13-/m0/s1. The fourth-order valence-corrected chi connectivity index (χ4v) is 2.48. The summed E-state index contributed by atoms with van der Waals surface area (Å²) < 4.78 is 18.3. The number of amides is 2. The molecule has 24 heavy (non-hydrogen) atoms. The maximum atomic E-state index is 13.4. The molecule has 0 bridgehead atoms. The molecule has 2 N–H and O–H groups in total. The fourth-order valence-electron chi connectivity index (χ4n) is 2.48. The predicted octanol–water partition coefficient (Wildman–Crippen LogP) is 1.11. The zero-order valence-corrected chi connectivity index (χ0v) is 13.1. The van der Waals surface area contributed by atoms with Crippen LogP contribution >= 0.6 is 0 Å². The monoisotopic (exact) mass is 334 g/mol. The van der Waals surface area contributed by atoms with E-state index < -0.39 is 24.3 Å². The van der Waals surface area contributed by atoms with E-state index in [0.29, 0.717) is 19.4 Å². The lowest BCUT2D eigenvalue weighted by atomic mass is 9.97. The molecule has 1 aliphatic rings. The highest BCUT2D eigenvalue weighted by Crippen LogP contribution is 2.16. The fraction of sp³-hybridized carbons (Fsp3) is 0.353. The first-order valence-corrected chi connectivity index (χ1v) is 7.64. The first kappa shape index (κ1) is 17.7. The summed E-state index contributed by atoms with van der Waals surface area (Å²) in [6, 6.07) is 5.98. The number of esters is 1. The van der Waals surface area contributed by atoms with Crippen molar-refractivity contribution in [1.82, 2.24) is 4.90 Å². The van der Waals surface area contributed by atoms with Gasteiger partial charge in [0.05, 0.1) is 5.92 Å². The van der Waals surface area contributed by atoms with Crippen molar-refractivity contribution in [3.8, 4) is 0 Å². The van der Waals surface area contributed by atoms with E-state index in [2.05, 4.69) is 0 Å². The summed E-state index contributed by atoms with van der Waals surface area (Å²) in [6.45, 7) is 0.327. The van der Waals surface area contributed by atoms with Crippen LogP contribution in [0.1, 0.15) is 18.4 Å². The average molecular weight is 334 g/mol. The molecule has 1 atom stereocenters. The number of likely N-dealkylation sites (tertiary alicyclic amines) is 1. The molecule has 1 fully saturated rings. The number of rotatable bonds is 5. The molecule has 1 saturated heterocycles. The van der Waals surface area contributed by atoms with Gasteiger partial charge in [-0.25, -0.2) is 9.18 Å². The Hall–Kier alpha value is -2.70. The molecular weight excluding hydrogens is 315 g/mol. The second-order valence-corrected chi connectivity index (χ2v) is 5.54. The van der Waals surface area contributed by atoms with Crippen molar-refractivity contribution in [2.45, 2.75) is 12.8 Å². The molecule has 2 rings (SSSR count). The lowest BCUT2D eigenvalue weighted by molar-refractivity contribution is -0.149. The van der Waals surface area contributed by atoms with E-state index in [1.807, 2.05) is 0 Å². The molecule has 0 spiro atoms. The number of hydrogen-bond acceptors (Lipinski definition) is 4. The smallest absolute Gasteiger partial charge is 0.331 e. The van der Waals surface area contributed by atoms with Crippen LogP contribution in [0.15, 0.2) is 30.3 Å². The number of carbonyl (C=O) groups is 3. The highest BCUT2D eigenvalue weighted by molar-refractivity contribution is 5.89. The van der Waals surface area contributed by atoms with Crippen LogP contribution in [0.2, 0.25) is 0 Å². The van der Waals surface area contributed by atoms with Gasteiger partial charge >= 0.3 is 5.97 Å². The number of ether oxygens (including phenoxy) is 1. The van der Waals surface area contributed by atoms with Gasteiger partial charge in [0.2, 0.25) is 5.91 Å². The van der Waals surface area contributed by atoms with Crippen LogP contribution in [0, 0.1) is 11.7 Å². The molecule has 2 amide bonds. The molecule has 0 aromatic heterocycles. The Kier molecular flexibility index (Phi) is 6.06. The van der Waals surface area contributed by atoms with Gasteiger partial charge < -0.3 is 15.4 Å². The number of primary amides is 1. The van der Waals surface area contributed by atoms with Crippen LogP contribution in [-0.4, -0.2) is 42.4 Å². The molecule has 7 heteroatoms. The van der Waals surface area contributed by atoms with Crippen LogP contribution in [-0.2, 0) is 19.1 Å². The maximum Gasteiger partial charge on any atom is 0.331 e. The van der Waals surface area contributed by atoms with Gasteiger partial charge in [-0.2, -0.15) is 0 Å². The van der Waals surface area contributed by atoms with Gasteiger partial charge in [-0.3, -0.25) is 9.59 Å². The topological polar surface area (TPSA) is 89.7 Å². The van der Waals surface area contributed by atoms with E-state index in [0.717, 1.165) is 6.08 Å². The van der Waals surface area contributed by atoms with Crippen molar-refractivity contribution < 1.29 is 23.5 Å². The van der Waals surface area contributed by atoms with Crippen LogP contribution in [0.4, 0.5) is 4.39 Å². The summed E-state index contributed by atoms with van der Waals surface area (Å²) in [4.78, 5) is 36.3. The molecule has 0 saturated carbocycles. The third-order valence-corrected chi connectivity index (χ3v) is 3.82. The second-order valence-electron chi connectivity index (χ2n) is 5.54. The number of hydrogen-bond donors (Lipinski definition) is 1. The molecule has 6 nitrogen and oxygen atoms in total. The zero-order chi connectivity index (χ0) is 17.5. The van der Waals surface area contributed by atoms with Gasteiger partial charge in [0.1, 0.15) is 5.82 Å². The van der Waals surface area contributed by atoms with E-state index >= 15 is 0 Å². The lowest BCUT2D eigenvalue weighted by Gasteiger charge is -2.30. The SMILES string of the molecule is NC(=O)[C@H]1CCCN(C(=O)COC(=O)/C=C/c2ccccc2F)C1. The molecule has 0 aliphatic carbocycles. The third-order valence-electron chi connectivity index (χ3n) is 3.82. The molecule has 128 valence electrons. The summed E-state index contributed by atoms with van der Waals surface area (Å²) >= 11 is 0. The Balaban J connectivity index is 1.82. The first-order chi connectivity index (χ1) is 11.5. The largest absolute Gasteiger partial charge is 0.452 e. The third kappa shape index (κ3) is 4.91. The first-order valence-electron chi connectivity index (χ1n) is 7.64. The average Bonchev–Trinajstić information content (AvgIpc) is 2.59. The Bertz CT molecular complexity index is 660. The van der Waals surface area contributed by atoms with E-state index in [1.165, 1.54) is 23.1 Å². The van der Waals surface area contributed by atoms with Crippen molar-refractivity contribution in [1.29, 1.82) is 0 Å². The minimum Gasteiger partial charge on any atom is -0.452 e. The van der Waals surface area contributed by atoms with E-state index in [-0.39, 0.29) is 23.9 Å². The van der Waals surface area contributed by atoms with Gasteiger partial charge in [0, 0.05) is 24.7 Å². The van der Waals surface area contributed by atoms with Crippen LogP contribution < -0.4 is 5.73 Å². The Morgan fingerprint density at radius 2 is 2.08 bits per heavy atom. The van der Waals surface area contributed by atoms with Crippen LogP contribution in [0.3, 0.4) is 0 Å². The van der Waals surface area contributed by atoms with Crippen molar-refractivity contribution in [3.05, 3.63) is 41.7 Å². The lowest BCUT2D eigenvalue weighted by Crippen LogP contribution is -2.45.